The molecule has 0 radical (unpaired) electrons. The topological polar surface area (TPSA) is 17.3 Å². The molecule has 0 fully saturated rings. The first kappa shape index (κ1) is 11.4. The van der Waals surface area contributed by atoms with E-state index in [9.17, 15) is 0 Å². The van der Waals surface area contributed by atoms with Gasteiger partial charge in [-0.3, -0.25) is 0 Å². The highest BCUT2D eigenvalue weighted by Gasteiger charge is 2.16. The standard InChI is InChI=1S/C15H16N2/c1-5-13-11(4)8-12-9-17(7-3)10-15(12)16-14(13)6-2/h5-7,9-10H,2-4,8H2,1H3/b13-5-. The Kier molecular flexibility index (Phi) is 2.96. The molecule has 0 bridgehead atoms. The van der Waals surface area contributed by atoms with Crippen LogP contribution in [0.5, 0.6) is 0 Å². The van der Waals surface area contributed by atoms with Crippen LogP contribution in [0.1, 0.15) is 12.5 Å². The highest BCUT2D eigenvalue weighted by molar-refractivity contribution is 6.12. The average Bonchev–Trinajstić information content (AvgIpc) is 2.65. The van der Waals surface area contributed by atoms with Crippen molar-refractivity contribution < 1.29 is 0 Å². The van der Waals surface area contributed by atoms with Gasteiger partial charge in [0, 0.05) is 30.6 Å². The molecule has 2 rings (SSSR count). The van der Waals surface area contributed by atoms with E-state index in [0.29, 0.717) is 0 Å². The summed E-state index contributed by atoms with van der Waals surface area (Å²) < 4.78 is 1.92. The van der Waals surface area contributed by atoms with Crippen LogP contribution >= 0.6 is 0 Å². The second-order valence-corrected chi connectivity index (χ2v) is 3.98. The van der Waals surface area contributed by atoms with Gasteiger partial charge < -0.3 is 4.57 Å². The zero-order valence-electron chi connectivity index (χ0n) is 10.1. The molecule has 2 heterocycles. The molecular formula is C15H16N2. The van der Waals surface area contributed by atoms with Gasteiger partial charge in [-0.05, 0) is 24.1 Å². The lowest BCUT2D eigenvalue weighted by Gasteiger charge is -2.06. The van der Waals surface area contributed by atoms with Crippen LogP contribution in [0.3, 0.4) is 0 Å². The molecule has 0 aromatic carbocycles. The first-order valence-electron chi connectivity index (χ1n) is 5.58. The molecule has 0 saturated carbocycles. The van der Waals surface area contributed by atoms with Gasteiger partial charge in [0.25, 0.3) is 0 Å². The number of aliphatic imine (C=N–C) groups is 1. The molecule has 0 aliphatic carbocycles. The Morgan fingerprint density at radius 2 is 2.12 bits per heavy atom. The maximum atomic E-state index is 4.63. The number of allylic oxidation sites excluding steroid dienone is 4. The SMILES string of the molecule is C=CC1=Nc2cn(C=C)cc2CC(=C)/C1=C/C. The summed E-state index contributed by atoms with van der Waals surface area (Å²) in [4.78, 5) is 4.63. The monoisotopic (exact) mass is 224 g/mol. The fourth-order valence-corrected chi connectivity index (χ4v) is 2.05. The van der Waals surface area contributed by atoms with Gasteiger partial charge in [-0.15, -0.1) is 0 Å². The summed E-state index contributed by atoms with van der Waals surface area (Å²) in [6.07, 6.45) is 10.4. The Bertz CT molecular complexity index is 553. The van der Waals surface area contributed by atoms with Crippen LogP contribution in [0.15, 0.2) is 60.4 Å². The Morgan fingerprint density at radius 1 is 1.35 bits per heavy atom. The summed E-state index contributed by atoms with van der Waals surface area (Å²) in [5.74, 6) is 0. The second-order valence-electron chi connectivity index (χ2n) is 3.98. The first-order chi connectivity index (χ1) is 8.19. The van der Waals surface area contributed by atoms with Crippen LogP contribution < -0.4 is 0 Å². The predicted molar refractivity (Wildman–Crippen MR) is 74.7 cm³/mol. The number of aromatic nitrogens is 1. The van der Waals surface area contributed by atoms with Gasteiger partial charge in [0.15, 0.2) is 0 Å². The Morgan fingerprint density at radius 3 is 2.71 bits per heavy atom. The van der Waals surface area contributed by atoms with Crippen LogP contribution in [0.2, 0.25) is 0 Å². The third kappa shape index (κ3) is 1.94. The number of nitrogens with zero attached hydrogens (tertiary/aromatic N) is 2. The molecule has 0 N–H and O–H groups in total. The Hall–Kier alpha value is -2.09. The number of hydrogen-bond acceptors (Lipinski definition) is 1. The molecule has 0 spiro atoms. The van der Waals surface area contributed by atoms with E-state index in [1.165, 1.54) is 5.56 Å². The van der Waals surface area contributed by atoms with Crippen LogP contribution in [0.25, 0.3) is 6.20 Å². The number of fused-ring (bicyclic) bond motifs is 1. The Labute approximate surface area is 102 Å². The van der Waals surface area contributed by atoms with Crippen molar-refractivity contribution in [3.8, 4) is 0 Å². The van der Waals surface area contributed by atoms with Gasteiger partial charge in [0.2, 0.25) is 0 Å². The minimum Gasteiger partial charge on any atom is -0.329 e. The lowest BCUT2D eigenvalue weighted by atomic mass is 9.98. The van der Waals surface area contributed by atoms with Crippen molar-refractivity contribution in [3.05, 3.63) is 61.0 Å². The molecule has 2 nitrogen and oxygen atoms in total. The molecule has 1 aromatic heterocycles. The molecular weight excluding hydrogens is 208 g/mol. The fraction of sp³-hybridized carbons (Fsp3) is 0.133. The average molecular weight is 224 g/mol. The van der Waals surface area contributed by atoms with E-state index in [1.54, 1.807) is 12.3 Å². The maximum Gasteiger partial charge on any atom is 0.0852 e. The lowest BCUT2D eigenvalue weighted by Crippen LogP contribution is -2.00. The van der Waals surface area contributed by atoms with Gasteiger partial charge >= 0.3 is 0 Å². The van der Waals surface area contributed by atoms with E-state index in [2.05, 4.69) is 24.7 Å². The van der Waals surface area contributed by atoms with E-state index in [1.807, 2.05) is 30.0 Å². The highest BCUT2D eigenvalue weighted by Crippen LogP contribution is 2.30. The van der Waals surface area contributed by atoms with Gasteiger partial charge in [-0.25, -0.2) is 4.99 Å². The molecule has 0 unspecified atom stereocenters. The summed E-state index contributed by atoms with van der Waals surface area (Å²) in [6.45, 7) is 13.7. The number of hydrogen-bond donors (Lipinski definition) is 0. The molecule has 1 aliphatic heterocycles. The van der Waals surface area contributed by atoms with E-state index < -0.39 is 0 Å². The third-order valence-electron chi connectivity index (χ3n) is 2.90. The molecule has 1 aromatic rings. The van der Waals surface area contributed by atoms with Crippen LogP contribution in [0.4, 0.5) is 5.69 Å². The molecule has 0 saturated heterocycles. The van der Waals surface area contributed by atoms with E-state index in [4.69, 9.17) is 0 Å². The zero-order valence-corrected chi connectivity index (χ0v) is 10.1. The van der Waals surface area contributed by atoms with E-state index in [-0.39, 0.29) is 0 Å². The summed E-state index contributed by atoms with van der Waals surface area (Å²) in [5, 5.41) is 0. The minimum absolute atomic E-state index is 0.816. The third-order valence-corrected chi connectivity index (χ3v) is 2.90. The summed E-state index contributed by atoms with van der Waals surface area (Å²) in [5.41, 5.74) is 5.19. The van der Waals surface area contributed by atoms with Crippen molar-refractivity contribution in [2.24, 2.45) is 4.99 Å². The molecule has 86 valence electrons. The van der Waals surface area contributed by atoms with Crippen molar-refractivity contribution in [1.82, 2.24) is 4.57 Å². The fourth-order valence-electron chi connectivity index (χ4n) is 2.05. The van der Waals surface area contributed by atoms with Crippen molar-refractivity contribution in [2.75, 3.05) is 0 Å². The van der Waals surface area contributed by atoms with Gasteiger partial charge in [0.05, 0.1) is 11.4 Å². The largest absolute Gasteiger partial charge is 0.329 e. The van der Waals surface area contributed by atoms with Crippen molar-refractivity contribution in [1.29, 1.82) is 0 Å². The van der Waals surface area contributed by atoms with Crippen molar-refractivity contribution in [3.63, 3.8) is 0 Å². The normalized spacial score (nSPS) is 17.4. The highest BCUT2D eigenvalue weighted by atomic mass is 14.9. The molecule has 17 heavy (non-hydrogen) atoms. The minimum atomic E-state index is 0.816. The quantitative estimate of drug-likeness (QED) is 0.724. The van der Waals surface area contributed by atoms with Crippen molar-refractivity contribution in [2.45, 2.75) is 13.3 Å². The van der Waals surface area contributed by atoms with Crippen molar-refractivity contribution >= 4 is 17.6 Å². The summed E-state index contributed by atoms with van der Waals surface area (Å²) in [7, 11) is 0. The smallest absolute Gasteiger partial charge is 0.0852 e. The maximum absolute atomic E-state index is 4.63. The zero-order chi connectivity index (χ0) is 12.4. The molecule has 1 aliphatic rings. The van der Waals surface area contributed by atoms with Crippen LogP contribution in [-0.2, 0) is 6.42 Å². The molecule has 0 atom stereocenters. The molecule has 0 amide bonds. The van der Waals surface area contributed by atoms with Crippen LogP contribution in [-0.4, -0.2) is 10.3 Å². The van der Waals surface area contributed by atoms with Crippen LogP contribution in [0, 0.1) is 0 Å². The van der Waals surface area contributed by atoms with Gasteiger partial charge in [0.1, 0.15) is 0 Å². The number of rotatable bonds is 2. The van der Waals surface area contributed by atoms with E-state index >= 15 is 0 Å². The summed E-state index contributed by atoms with van der Waals surface area (Å²) in [6, 6.07) is 0. The van der Waals surface area contributed by atoms with Gasteiger partial charge in [-0.1, -0.05) is 25.8 Å². The summed E-state index contributed by atoms with van der Waals surface area (Å²) >= 11 is 0. The lowest BCUT2D eigenvalue weighted by molar-refractivity contribution is 1.13. The van der Waals surface area contributed by atoms with Gasteiger partial charge in [-0.2, -0.15) is 0 Å². The Balaban J connectivity index is 2.61. The predicted octanol–water partition coefficient (Wildman–Crippen LogP) is 3.91. The molecule has 2 heteroatoms. The first-order valence-corrected chi connectivity index (χ1v) is 5.58. The van der Waals surface area contributed by atoms with E-state index in [0.717, 1.165) is 29.0 Å². The second kappa shape index (κ2) is 4.42.